The summed E-state index contributed by atoms with van der Waals surface area (Å²) >= 11 is 9.35. The number of hydrogen-bond donors (Lipinski definition) is 3. The summed E-state index contributed by atoms with van der Waals surface area (Å²) in [6.07, 6.45) is -2.33. The topological polar surface area (TPSA) is 190 Å². The van der Waals surface area contributed by atoms with Crippen LogP contribution in [0.5, 0.6) is 5.88 Å². The van der Waals surface area contributed by atoms with Crippen molar-refractivity contribution in [3.8, 4) is 21.3 Å². The summed E-state index contributed by atoms with van der Waals surface area (Å²) in [6, 6.07) is 14.8. The number of amides is 3. The van der Waals surface area contributed by atoms with Crippen LogP contribution in [0.2, 0.25) is 5.02 Å². The fourth-order valence-corrected chi connectivity index (χ4v) is 10.7. The molecule has 20 heteroatoms. The number of alkyl halides is 2. The molecule has 6 heterocycles. The van der Waals surface area contributed by atoms with E-state index in [1.807, 2.05) is 68.7 Å². The molecule has 2 aromatic carbocycles. The van der Waals surface area contributed by atoms with E-state index in [2.05, 4.69) is 31.0 Å². The standard InChI is InChI=1S/C48H52ClF2N9O6S2/c1-25(2)40(46(64)59-23-34(61)19-36(59)45(63)53-22-30-7-9-32(10-8-30)43-27(4)54-24-67-43)37-21-39(58-66-37)65-18-16-48(50,51)15-17-52-38(62)20-35-44-57-56-29(6)60(44)47-41(26(3)28(5)68-47)42(55-35)31-11-13-33(49)14-12-31/h7-14,21,24-25,34-36,40,61H,15-20,22-23H2,1-6H3,(H,52,62)(H,53,63)/t34-,35+,36+,40-/m1/s1. The Labute approximate surface area is 405 Å². The molecule has 2 aliphatic rings. The minimum absolute atomic E-state index is 0.0475. The molecule has 3 N–H and O–H groups in total. The summed E-state index contributed by atoms with van der Waals surface area (Å²) in [7, 11) is 0. The lowest BCUT2D eigenvalue weighted by atomic mass is 9.91. The number of rotatable bonds is 17. The number of benzene rings is 2. The molecule has 0 bridgehead atoms. The maximum Gasteiger partial charge on any atom is 0.254 e. The highest BCUT2D eigenvalue weighted by Gasteiger charge is 2.43. The second kappa shape index (κ2) is 20.4. The van der Waals surface area contributed by atoms with Gasteiger partial charge >= 0.3 is 0 Å². The van der Waals surface area contributed by atoms with Crippen LogP contribution in [-0.4, -0.2) is 96.1 Å². The number of ether oxygens (including phenoxy) is 1. The maximum atomic E-state index is 15.2. The van der Waals surface area contributed by atoms with E-state index in [9.17, 15) is 19.5 Å². The summed E-state index contributed by atoms with van der Waals surface area (Å²) < 4.78 is 43.4. The van der Waals surface area contributed by atoms with Crippen molar-refractivity contribution in [2.75, 3.05) is 19.7 Å². The van der Waals surface area contributed by atoms with E-state index in [1.54, 1.807) is 54.2 Å². The van der Waals surface area contributed by atoms with Crippen molar-refractivity contribution in [3.63, 3.8) is 0 Å². The molecule has 4 atom stereocenters. The smallest absolute Gasteiger partial charge is 0.254 e. The maximum absolute atomic E-state index is 15.2. The number of halogens is 3. The first-order valence-corrected chi connectivity index (χ1v) is 24.4. The normalized spacial score (nSPS) is 17.4. The lowest BCUT2D eigenvalue weighted by Gasteiger charge is -2.28. The minimum Gasteiger partial charge on any atom is -0.475 e. The Hall–Kier alpha value is -5.89. The van der Waals surface area contributed by atoms with Crippen LogP contribution in [-0.2, 0) is 20.9 Å². The zero-order valence-electron chi connectivity index (χ0n) is 38.4. The molecule has 1 saturated heterocycles. The predicted molar refractivity (Wildman–Crippen MR) is 255 cm³/mol. The van der Waals surface area contributed by atoms with E-state index < -0.39 is 67.2 Å². The van der Waals surface area contributed by atoms with Crippen LogP contribution < -0.4 is 15.4 Å². The van der Waals surface area contributed by atoms with Crippen LogP contribution >= 0.6 is 34.3 Å². The molecule has 15 nitrogen and oxygen atoms in total. The molecule has 4 aromatic heterocycles. The number of carbonyl (C=O) groups excluding carboxylic acids is 3. The van der Waals surface area contributed by atoms with Crippen molar-refractivity contribution in [2.24, 2.45) is 10.9 Å². The van der Waals surface area contributed by atoms with Crippen LogP contribution in [0.3, 0.4) is 0 Å². The number of thiazole rings is 1. The van der Waals surface area contributed by atoms with Gasteiger partial charge in [0.15, 0.2) is 11.6 Å². The van der Waals surface area contributed by atoms with Crippen molar-refractivity contribution >= 4 is 57.7 Å². The summed E-state index contributed by atoms with van der Waals surface area (Å²) in [5, 5.41) is 30.2. The molecule has 8 rings (SSSR count). The number of β-amino-alcohol motifs (C(OH)–C–C–N with tert-alkyl or cyclic N) is 1. The second-order valence-electron chi connectivity index (χ2n) is 17.5. The van der Waals surface area contributed by atoms with E-state index in [1.165, 1.54) is 11.0 Å². The lowest BCUT2D eigenvalue weighted by molar-refractivity contribution is -0.141. The Morgan fingerprint density at radius 3 is 2.46 bits per heavy atom. The summed E-state index contributed by atoms with van der Waals surface area (Å²) in [5.41, 5.74) is 8.08. The quantitative estimate of drug-likeness (QED) is 0.0803. The average Bonchev–Trinajstić information content (AvgIpc) is 4.14. The number of aliphatic hydroxyl groups excluding tert-OH is 1. The Bertz CT molecular complexity index is 2820. The number of nitrogens with one attached hydrogen (secondary N) is 2. The van der Waals surface area contributed by atoms with Crippen molar-refractivity contribution in [3.05, 3.63) is 115 Å². The SMILES string of the molecule is Cc1ncsc1-c1ccc(CNC(=O)[C@@H]2C[C@@H](O)CN2C(=O)[C@@H](c2cc(OCCC(F)(F)CCNC(=O)C[C@@H]3N=C(c4ccc(Cl)cc4)c4c(sc(C)c4C)-n4c(C)nnc43)no2)C(C)C)cc1. The average molecular weight is 989 g/mol. The molecule has 0 aliphatic carbocycles. The molecule has 0 saturated carbocycles. The van der Waals surface area contributed by atoms with Crippen LogP contribution in [0.1, 0.15) is 102 Å². The number of likely N-dealkylation sites (tertiary alicyclic amines) is 1. The van der Waals surface area contributed by atoms with Gasteiger partial charge < -0.3 is 29.9 Å². The molecule has 1 fully saturated rings. The third kappa shape index (κ3) is 10.5. The van der Waals surface area contributed by atoms with Crippen LogP contribution in [0.4, 0.5) is 8.78 Å². The van der Waals surface area contributed by atoms with E-state index in [0.717, 1.165) is 48.3 Å². The van der Waals surface area contributed by atoms with Gasteiger partial charge in [-0.2, -0.15) is 0 Å². The van der Waals surface area contributed by atoms with E-state index in [4.69, 9.17) is 25.9 Å². The van der Waals surface area contributed by atoms with Gasteiger partial charge in [0.25, 0.3) is 11.8 Å². The Kier molecular flexibility index (Phi) is 14.5. The summed E-state index contributed by atoms with van der Waals surface area (Å²) in [5.74, 6) is -4.59. The van der Waals surface area contributed by atoms with Gasteiger partial charge in [-0.25, -0.2) is 13.8 Å². The minimum atomic E-state index is -3.21. The van der Waals surface area contributed by atoms with Gasteiger partial charge in [-0.05, 0) is 67.6 Å². The van der Waals surface area contributed by atoms with Gasteiger partial charge in [0.1, 0.15) is 28.8 Å². The number of aliphatic hydroxyl groups is 1. The Morgan fingerprint density at radius 1 is 1.01 bits per heavy atom. The molecule has 0 spiro atoms. The molecule has 3 amide bonds. The Balaban J connectivity index is 0.837. The molecule has 68 heavy (non-hydrogen) atoms. The fourth-order valence-electron chi connectivity index (χ4n) is 8.56. The molecule has 6 aromatic rings. The van der Waals surface area contributed by atoms with Crippen molar-refractivity contribution < 1.29 is 37.5 Å². The highest BCUT2D eigenvalue weighted by Crippen LogP contribution is 2.40. The van der Waals surface area contributed by atoms with E-state index >= 15 is 8.78 Å². The first kappa shape index (κ1) is 48.6. The lowest BCUT2D eigenvalue weighted by Crippen LogP contribution is -2.48. The first-order chi connectivity index (χ1) is 32.5. The van der Waals surface area contributed by atoms with Gasteiger partial charge in [0, 0.05) is 66.0 Å². The number of fused-ring (bicyclic) bond motifs is 3. The molecular weight excluding hydrogens is 936 g/mol. The third-order valence-corrected chi connectivity index (χ3v) is 14.7. The third-order valence-electron chi connectivity index (χ3n) is 12.3. The van der Waals surface area contributed by atoms with Gasteiger partial charge in [-0.3, -0.25) is 23.9 Å². The molecular formula is C48H52ClF2N9O6S2. The van der Waals surface area contributed by atoms with Gasteiger partial charge in [-0.1, -0.05) is 61.8 Å². The van der Waals surface area contributed by atoms with Gasteiger partial charge in [0.05, 0.1) is 40.9 Å². The Morgan fingerprint density at radius 2 is 1.75 bits per heavy atom. The van der Waals surface area contributed by atoms with Crippen molar-refractivity contribution in [1.82, 2.24) is 40.4 Å². The van der Waals surface area contributed by atoms with Gasteiger partial charge in [-0.15, -0.1) is 32.9 Å². The zero-order chi connectivity index (χ0) is 48.4. The predicted octanol–water partition coefficient (Wildman–Crippen LogP) is 8.24. The zero-order valence-corrected chi connectivity index (χ0v) is 40.8. The van der Waals surface area contributed by atoms with Crippen LogP contribution in [0, 0.1) is 33.6 Å². The highest BCUT2D eigenvalue weighted by molar-refractivity contribution is 7.15. The van der Waals surface area contributed by atoms with E-state index in [-0.39, 0.29) is 50.0 Å². The van der Waals surface area contributed by atoms with Crippen LogP contribution in [0.15, 0.2) is 69.6 Å². The summed E-state index contributed by atoms with van der Waals surface area (Å²) in [4.78, 5) is 53.9. The number of aryl methyl sites for hydroxylation is 3. The number of thiophene rings is 1. The number of aliphatic imine (C=N–C) groups is 1. The monoisotopic (exact) mass is 987 g/mol. The first-order valence-electron chi connectivity index (χ1n) is 22.3. The molecule has 0 unspecified atom stereocenters. The molecule has 358 valence electrons. The molecule has 2 aliphatic heterocycles. The van der Waals surface area contributed by atoms with Crippen molar-refractivity contribution in [1.29, 1.82) is 0 Å². The van der Waals surface area contributed by atoms with Crippen LogP contribution in [0.25, 0.3) is 15.4 Å². The van der Waals surface area contributed by atoms with E-state index in [0.29, 0.717) is 22.4 Å². The highest BCUT2D eigenvalue weighted by atomic mass is 35.5. The molecule has 0 radical (unpaired) electrons. The largest absolute Gasteiger partial charge is 0.475 e. The second-order valence-corrected chi connectivity index (χ2v) is 20.0. The number of aromatic nitrogens is 5. The fraction of sp³-hybridized carbons (Fsp3) is 0.417. The summed E-state index contributed by atoms with van der Waals surface area (Å²) in [6.45, 7) is 10.9. The number of hydrogen-bond acceptors (Lipinski definition) is 13. The van der Waals surface area contributed by atoms with Gasteiger partial charge in [0.2, 0.25) is 17.7 Å². The van der Waals surface area contributed by atoms with Crippen molar-refractivity contribution in [2.45, 2.75) is 104 Å². The number of carbonyl (C=O) groups is 3. The number of nitrogens with zero attached hydrogens (tertiary/aromatic N) is 7.